The Morgan fingerprint density at radius 2 is 1.35 bits per heavy atom. The van der Waals surface area contributed by atoms with Crippen LogP contribution in [-0.4, -0.2) is 135 Å². The van der Waals surface area contributed by atoms with Gasteiger partial charge in [-0.2, -0.15) is 0 Å². The van der Waals surface area contributed by atoms with Gasteiger partial charge in [0.15, 0.2) is 5.96 Å². The van der Waals surface area contributed by atoms with E-state index in [1.807, 2.05) is 37.3 Å². The largest absolute Gasteiger partial charge is 0.508 e. The molecule has 0 radical (unpaired) electrons. The Morgan fingerprint density at radius 3 is 2.01 bits per heavy atom. The van der Waals surface area contributed by atoms with Crippen molar-refractivity contribution in [3.8, 4) is 5.75 Å². The van der Waals surface area contributed by atoms with Crippen LogP contribution in [0.5, 0.6) is 5.75 Å². The monoisotopic (exact) mass is 1040 g/mol. The molecule has 13 N–H and O–H groups in total. The molecule has 22 heteroatoms. The molecular formula is C53H77N13O9. The molecule has 0 bridgehead atoms. The number of H-pyrrole nitrogens is 1. The maximum absolute atomic E-state index is 14.8. The minimum atomic E-state index is -1.33. The highest BCUT2D eigenvalue weighted by Crippen LogP contribution is 2.22. The molecule has 0 saturated carbocycles. The highest BCUT2D eigenvalue weighted by atomic mass is 16.3. The van der Waals surface area contributed by atoms with Crippen molar-refractivity contribution in [1.82, 2.24) is 57.4 Å². The average Bonchev–Trinajstić information content (AvgIpc) is 4.10. The quantitative estimate of drug-likeness (QED) is 0.0651. The lowest BCUT2D eigenvalue weighted by Gasteiger charge is -2.32. The second-order valence-electron chi connectivity index (χ2n) is 19.9. The predicted octanol–water partition coefficient (Wildman–Crippen LogP) is 1.09. The molecule has 5 rings (SSSR count). The van der Waals surface area contributed by atoms with E-state index in [0.29, 0.717) is 69.2 Å². The van der Waals surface area contributed by atoms with Crippen LogP contribution < -0.4 is 48.3 Å². The zero-order valence-corrected chi connectivity index (χ0v) is 43.5. The number of benzene rings is 2. The summed E-state index contributed by atoms with van der Waals surface area (Å²) in [6, 6.07) is 7.21. The van der Waals surface area contributed by atoms with Crippen LogP contribution in [0, 0.1) is 17.2 Å². The molecular weight excluding hydrogens is 963 g/mol. The predicted molar refractivity (Wildman–Crippen MR) is 280 cm³/mol. The zero-order valence-electron chi connectivity index (χ0n) is 43.5. The Kier molecular flexibility index (Phi) is 22.9. The number of imidazole rings is 1. The molecule has 8 atom stereocenters. The van der Waals surface area contributed by atoms with Crippen LogP contribution in [0.15, 0.2) is 67.1 Å². The summed E-state index contributed by atoms with van der Waals surface area (Å²) in [4.78, 5) is 122. The van der Waals surface area contributed by atoms with Gasteiger partial charge in [0.25, 0.3) is 0 Å². The lowest BCUT2D eigenvalue weighted by atomic mass is 9.96. The van der Waals surface area contributed by atoms with E-state index >= 15 is 0 Å². The first-order valence-electron chi connectivity index (χ1n) is 26.2. The number of guanidine groups is 1. The molecule has 2 aromatic carbocycles. The van der Waals surface area contributed by atoms with Crippen LogP contribution in [0.3, 0.4) is 0 Å². The molecule has 3 aromatic rings. The van der Waals surface area contributed by atoms with Crippen molar-refractivity contribution in [2.45, 2.75) is 153 Å². The van der Waals surface area contributed by atoms with Gasteiger partial charge in [-0.25, -0.2) is 4.98 Å². The van der Waals surface area contributed by atoms with E-state index in [-0.39, 0.29) is 56.9 Å². The van der Waals surface area contributed by atoms with E-state index in [4.69, 9.17) is 11.1 Å². The average molecular weight is 1040 g/mol. The number of fused-ring (bicyclic) bond motifs is 1. The fourth-order valence-electron chi connectivity index (χ4n) is 9.15. The molecule has 0 spiro atoms. The number of nitrogens with two attached hydrogens (primary N) is 1. The molecule has 22 nitrogen and oxygen atoms in total. The van der Waals surface area contributed by atoms with E-state index in [0.717, 1.165) is 5.56 Å². The standard InChI is InChI=1S/C53H77N13O9/c1-5-33(4)45-51(74)63-41(29-36-30-56-31-59-36)52(75)66-26-14-18-42(66)49(72)61-39(27-34-15-9-8-10-16-34)46(69)57-24-12-7-6-11-19-43(68)60-38(17-13-25-58-53(54)55)47(70)64-44(32(2)3)50(73)62-40(48(71)65-45)28-35-20-22-37(67)23-21-35/h8-10,15-16,20-23,30-33,38-42,44-45,67H,5-7,11-14,17-19,24-29H2,1-4H3,(H,56,59)(H,57,69)(H,60,68)(H,61,72)(H,62,73)(H,63,74)(H,64,70)(H,65,71)(H4,54,55,58)/t33-,38+,39-,40-,41+,42-,44-,45-/m0/s1. The lowest BCUT2D eigenvalue weighted by Crippen LogP contribution is -2.62. The third-order valence-corrected chi connectivity index (χ3v) is 13.7. The molecule has 8 amide bonds. The number of hydrogen-bond acceptors (Lipinski definition) is 11. The molecule has 0 aliphatic carbocycles. The molecule has 2 saturated heterocycles. The first-order valence-corrected chi connectivity index (χ1v) is 26.2. The zero-order chi connectivity index (χ0) is 54.4. The number of nitrogens with one attached hydrogen (secondary N) is 10. The van der Waals surface area contributed by atoms with Crippen LogP contribution in [0.1, 0.15) is 109 Å². The summed E-state index contributed by atoms with van der Waals surface area (Å²) in [7, 11) is 0. The Morgan fingerprint density at radius 1 is 0.720 bits per heavy atom. The highest BCUT2D eigenvalue weighted by Gasteiger charge is 2.41. The molecule has 3 heterocycles. The molecule has 408 valence electrons. The molecule has 2 aliphatic rings. The van der Waals surface area contributed by atoms with Crippen molar-refractivity contribution in [2.24, 2.45) is 17.6 Å². The number of carbonyl (C=O) groups is 8. The Hall–Kier alpha value is -7.52. The number of nitrogens with zero attached hydrogens (tertiary/aromatic N) is 2. The van der Waals surface area contributed by atoms with Gasteiger partial charge in [-0.05, 0) is 73.6 Å². The summed E-state index contributed by atoms with van der Waals surface area (Å²) in [5.41, 5.74) is 7.34. The number of aromatic amines is 1. The molecule has 75 heavy (non-hydrogen) atoms. The molecule has 2 aliphatic heterocycles. The van der Waals surface area contributed by atoms with Gasteiger partial charge in [-0.15, -0.1) is 0 Å². The number of phenolic OH excluding ortho intramolecular Hbond substituents is 1. The Labute approximate surface area is 438 Å². The maximum atomic E-state index is 14.8. The number of aromatic nitrogens is 2. The van der Waals surface area contributed by atoms with Crippen molar-refractivity contribution in [2.75, 3.05) is 19.6 Å². The number of aromatic hydroxyl groups is 1. The summed E-state index contributed by atoms with van der Waals surface area (Å²) in [5.74, 6) is -5.99. The SMILES string of the molecule is CC[C@H](C)[C@@H]1NC(=O)[C@H](Cc2ccc(O)cc2)NC(=O)[C@H](C(C)C)NC(=O)[C@@H](CCCNC(=N)N)NC(=O)CCCCCCNC(=O)[C@H](Cc2ccccc2)NC(=O)[C@@H]2CCCN2C(=O)[C@@H](Cc2cnc[nH]2)NC1=O. The van der Waals surface area contributed by atoms with Crippen LogP contribution >= 0.6 is 0 Å². The van der Waals surface area contributed by atoms with Gasteiger partial charge >= 0.3 is 0 Å². The highest BCUT2D eigenvalue weighted by molar-refractivity contribution is 5.98. The third kappa shape index (κ3) is 18.4. The van der Waals surface area contributed by atoms with E-state index < -0.39 is 101 Å². The van der Waals surface area contributed by atoms with E-state index in [9.17, 15) is 43.5 Å². The summed E-state index contributed by atoms with van der Waals surface area (Å²) in [6.07, 6.45) is 7.09. The number of rotatable bonds is 13. The summed E-state index contributed by atoms with van der Waals surface area (Å²) >= 11 is 0. The molecule has 0 unspecified atom stereocenters. The van der Waals surface area contributed by atoms with Gasteiger partial charge in [0, 0.05) is 57.2 Å². The number of amides is 8. The number of hydrogen-bond donors (Lipinski definition) is 12. The normalized spacial score (nSPS) is 24.1. The first-order chi connectivity index (χ1) is 35.9. The van der Waals surface area contributed by atoms with Crippen molar-refractivity contribution in [1.29, 1.82) is 5.41 Å². The van der Waals surface area contributed by atoms with Crippen LogP contribution in [0.25, 0.3) is 0 Å². The van der Waals surface area contributed by atoms with Crippen molar-refractivity contribution < 1.29 is 43.5 Å². The third-order valence-electron chi connectivity index (χ3n) is 13.7. The Balaban J connectivity index is 1.49. The molecule has 2 fully saturated rings. The van der Waals surface area contributed by atoms with E-state index in [1.54, 1.807) is 32.9 Å². The fourth-order valence-corrected chi connectivity index (χ4v) is 9.15. The first kappa shape index (κ1) is 58.4. The number of phenols is 1. The van der Waals surface area contributed by atoms with Crippen molar-refractivity contribution >= 4 is 53.2 Å². The molecule has 1 aromatic heterocycles. The van der Waals surface area contributed by atoms with Crippen molar-refractivity contribution in [3.05, 3.63) is 83.9 Å². The van der Waals surface area contributed by atoms with E-state index in [2.05, 4.69) is 52.5 Å². The van der Waals surface area contributed by atoms with Crippen LogP contribution in [0.4, 0.5) is 0 Å². The minimum absolute atomic E-state index is 0.0250. The minimum Gasteiger partial charge on any atom is -0.508 e. The van der Waals surface area contributed by atoms with Gasteiger partial charge in [-0.3, -0.25) is 43.8 Å². The lowest BCUT2D eigenvalue weighted by molar-refractivity contribution is -0.142. The summed E-state index contributed by atoms with van der Waals surface area (Å²) in [6.45, 7) is 7.75. The van der Waals surface area contributed by atoms with Crippen molar-refractivity contribution in [3.63, 3.8) is 0 Å². The van der Waals surface area contributed by atoms with Gasteiger partial charge in [0.05, 0.1) is 6.33 Å². The Bertz CT molecular complexity index is 2390. The van der Waals surface area contributed by atoms with Gasteiger partial charge in [0.1, 0.15) is 48.0 Å². The second-order valence-corrected chi connectivity index (χ2v) is 19.9. The summed E-state index contributed by atoms with van der Waals surface area (Å²) < 4.78 is 0. The smallest absolute Gasteiger partial charge is 0.246 e. The van der Waals surface area contributed by atoms with Gasteiger partial charge < -0.3 is 63.3 Å². The topological polar surface area (TPSA) is 335 Å². The summed E-state index contributed by atoms with van der Waals surface area (Å²) in [5, 5.41) is 40.3. The number of carbonyl (C=O) groups excluding carboxylic acids is 8. The second kappa shape index (κ2) is 29.4. The maximum Gasteiger partial charge on any atom is 0.246 e. The van der Waals surface area contributed by atoms with Gasteiger partial charge in [-0.1, -0.05) is 89.4 Å². The fraction of sp³-hybridized carbons (Fsp3) is 0.547. The van der Waals surface area contributed by atoms with E-state index in [1.165, 1.54) is 29.6 Å². The van der Waals surface area contributed by atoms with Gasteiger partial charge in [0.2, 0.25) is 47.3 Å². The van der Waals surface area contributed by atoms with Crippen LogP contribution in [-0.2, 0) is 57.6 Å². The van der Waals surface area contributed by atoms with Crippen LogP contribution in [0.2, 0.25) is 0 Å².